The van der Waals surface area contributed by atoms with E-state index in [9.17, 15) is 9.59 Å². The fourth-order valence-electron chi connectivity index (χ4n) is 1.37. The summed E-state index contributed by atoms with van der Waals surface area (Å²) in [6.45, 7) is 14.5. The van der Waals surface area contributed by atoms with Crippen molar-refractivity contribution in [1.82, 2.24) is 0 Å². The van der Waals surface area contributed by atoms with Crippen molar-refractivity contribution in [3.8, 4) is 0 Å². The third-order valence-electron chi connectivity index (χ3n) is 2.27. The average molecular weight is 284 g/mol. The lowest BCUT2D eigenvalue weighted by Crippen LogP contribution is -2.04. The molecule has 0 aromatic heterocycles. The van der Waals surface area contributed by atoms with Crippen LogP contribution in [0.1, 0.15) is 59.8 Å². The second-order valence-corrected chi connectivity index (χ2v) is 5.55. The first-order valence-electron chi connectivity index (χ1n) is 6.81. The summed E-state index contributed by atoms with van der Waals surface area (Å²) in [5.41, 5.74) is 0.404. The Bertz CT molecular complexity index is 300. The molecular weight excluding hydrogens is 256 g/mol. The summed E-state index contributed by atoms with van der Waals surface area (Å²) in [6.07, 6.45) is 7.22. The predicted molar refractivity (Wildman–Crippen MR) is 80.8 cm³/mol. The summed E-state index contributed by atoms with van der Waals surface area (Å²) in [5, 5.41) is 0. The second-order valence-electron chi connectivity index (χ2n) is 5.55. The Morgan fingerprint density at radius 3 is 1.90 bits per heavy atom. The Hall–Kier alpha value is -1.58. The first kappa shape index (κ1) is 20.7. The highest BCUT2D eigenvalue weighted by molar-refractivity contribution is 5.69. The molecule has 0 spiro atoms. The molecule has 0 aromatic carbocycles. The van der Waals surface area contributed by atoms with Gasteiger partial charge in [-0.1, -0.05) is 46.8 Å². The highest BCUT2D eigenvalue weighted by Gasteiger charge is 2.09. The third kappa shape index (κ3) is 21.7. The van der Waals surface area contributed by atoms with Gasteiger partial charge in [0, 0.05) is 13.3 Å². The number of carbonyl (C=O) groups excluding carboxylic acids is 2. The number of hydrogen-bond donors (Lipinski definition) is 0. The zero-order chi connectivity index (χ0) is 16.0. The van der Waals surface area contributed by atoms with Crippen molar-refractivity contribution in [1.29, 1.82) is 0 Å². The van der Waals surface area contributed by atoms with Gasteiger partial charge >= 0.3 is 11.9 Å². The number of carbonyl (C=O) groups is 2. The summed E-state index contributed by atoms with van der Waals surface area (Å²) in [7, 11) is 0. The lowest BCUT2D eigenvalue weighted by atomic mass is 9.89. The minimum absolute atomic E-state index is 0.171. The van der Waals surface area contributed by atoms with Gasteiger partial charge in [0.1, 0.15) is 0 Å². The van der Waals surface area contributed by atoms with Crippen LogP contribution in [0.3, 0.4) is 0 Å². The maximum Gasteiger partial charge on any atom is 0.310 e. The molecule has 0 unspecified atom stereocenters. The maximum atomic E-state index is 10.9. The van der Waals surface area contributed by atoms with Crippen LogP contribution in [0.5, 0.6) is 0 Å². The molecule has 0 aromatic rings. The van der Waals surface area contributed by atoms with E-state index >= 15 is 0 Å². The molecule has 116 valence electrons. The van der Waals surface area contributed by atoms with Crippen LogP contribution in [-0.4, -0.2) is 11.9 Å². The van der Waals surface area contributed by atoms with E-state index in [-0.39, 0.29) is 11.9 Å². The molecule has 0 aliphatic heterocycles. The molecule has 0 bridgehead atoms. The average Bonchev–Trinajstić information content (AvgIpc) is 2.28. The number of esters is 2. The van der Waals surface area contributed by atoms with E-state index in [1.165, 1.54) is 26.0 Å². The van der Waals surface area contributed by atoms with Crippen molar-refractivity contribution in [3.05, 3.63) is 25.7 Å². The third-order valence-corrected chi connectivity index (χ3v) is 2.27. The van der Waals surface area contributed by atoms with Crippen LogP contribution < -0.4 is 0 Å². The highest BCUT2D eigenvalue weighted by atomic mass is 16.5. The minimum atomic E-state index is -0.329. The summed E-state index contributed by atoms with van der Waals surface area (Å²) in [4.78, 5) is 20.7. The minimum Gasteiger partial charge on any atom is -0.435 e. The molecule has 0 heterocycles. The fraction of sp³-hybridized carbons (Fsp3) is 0.625. The van der Waals surface area contributed by atoms with Gasteiger partial charge in [0.15, 0.2) is 0 Å². The Labute approximate surface area is 122 Å². The van der Waals surface area contributed by atoms with E-state index in [2.05, 4.69) is 43.4 Å². The topological polar surface area (TPSA) is 52.6 Å². The molecule has 0 amide bonds. The van der Waals surface area contributed by atoms with Crippen LogP contribution in [0.15, 0.2) is 25.7 Å². The highest BCUT2D eigenvalue weighted by Crippen LogP contribution is 2.22. The van der Waals surface area contributed by atoms with Gasteiger partial charge in [-0.15, -0.1) is 0 Å². The summed E-state index contributed by atoms with van der Waals surface area (Å²) >= 11 is 0. The first-order valence-corrected chi connectivity index (χ1v) is 6.81. The zero-order valence-electron chi connectivity index (χ0n) is 13.2. The van der Waals surface area contributed by atoms with Gasteiger partial charge < -0.3 is 9.47 Å². The molecule has 0 aliphatic carbocycles. The number of unbranched alkanes of at least 4 members (excludes halogenated alkanes) is 2. The van der Waals surface area contributed by atoms with Crippen LogP contribution in [0.25, 0.3) is 0 Å². The lowest BCUT2D eigenvalue weighted by Gasteiger charge is -2.17. The van der Waals surface area contributed by atoms with Gasteiger partial charge in [0.05, 0.1) is 12.5 Å². The molecule has 0 rings (SSSR count). The lowest BCUT2D eigenvalue weighted by molar-refractivity contribution is -0.138. The van der Waals surface area contributed by atoms with Crippen molar-refractivity contribution in [2.75, 3.05) is 0 Å². The maximum absolute atomic E-state index is 10.9. The van der Waals surface area contributed by atoms with E-state index in [4.69, 9.17) is 0 Å². The van der Waals surface area contributed by atoms with Crippen LogP contribution in [0.2, 0.25) is 0 Å². The normalized spacial score (nSPS) is 9.80. The van der Waals surface area contributed by atoms with Crippen molar-refractivity contribution in [2.45, 2.75) is 59.8 Å². The molecule has 4 heteroatoms. The quantitative estimate of drug-likeness (QED) is 0.396. The molecule has 0 aliphatic rings. The van der Waals surface area contributed by atoms with E-state index in [1.807, 2.05) is 0 Å². The van der Waals surface area contributed by atoms with Crippen molar-refractivity contribution in [3.63, 3.8) is 0 Å². The van der Waals surface area contributed by atoms with Gasteiger partial charge in [-0.05, 0) is 18.3 Å². The molecule has 0 fully saturated rings. The summed E-state index contributed by atoms with van der Waals surface area (Å²) in [5.74, 6) is -0.499. The summed E-state index contributed by atoms with van der Waals surface area (Å²) < 4.78 is 8.78. The molecule has 0 saturated heterocycles. The standard InChI is InChI=1S/C12H22O2.C4H6O2/c1-5-14-11(13)9-7-6-8-10-12(2,3)4;1-3-6-4(2)5/h5H,1,6-10H2,2-4H3;3H,1H2,2H3. The van der Waals surface area contributed by atoms with Crippen LogP contribution in [0.4, 0.5) is 0 Å². The first-order chi connectivity index (χ1) is 9.22. The number of rotatable bonds is 7. The Morgan fingerprint density at radius 2 is 1.55 bits per heavy atom. The predicted octanol–water partition coefficient (Wildman–Crippen LogP) is 4.36. The van der Waals surface area contributed by atoms with Gasteiger partial charge in [0.25, 0.3) is 0 Å². The molecule has 0 saturated carbocycles. The summed E-state index contributed by atoms with van der Waals surface area (Å²) in [6, 6.07) is 0. The second kappa shape index (κ2) is 12.5. The largest absolute Gasteiger partial charge is 0.435 e. The Kier molecular flexibility index (Phi) is 12.9. The van der Waals surface area contributed by atoms with Crippen molar-refractivity contribution >= 4 is 11.9 Å². The van der Waals surface area contributed by atoms with Gasteiger partial charge in [0.2, 0.25) is 0 Å². The van der Waals surface area contributed by atoms with E-state index in [0.29, 0.717) is 11.8 Å². The molecule has 0 atom stereocenters. The van der Waals surface area contributed by atoms with Gasteiger partial charge in [-0.25, -0.2) is 0 Å². The van der Waals surface area contributed by atoms with E-state index < -0.39 is 0 Å². The SMILES string of the molecule is C=COC(=O)CCCCCC(C)(C)C.C=COC(C)=O. The zero-order valence-corrected chi connectivity index (χ0v) is 13.2. The number of ether oxygens (including phenoxy) is 2. The smallest absolute Gasteiger partial charge is 0.310 e. The van der Waals surface area contributed by atoms with Gasteiger partial charge in [-0.3, -0.25) is 9.59 Å². The monoisotopic (exact) mass is 284 g/mol. The Morgan fingerprint density at radius 1 is 1.00 bits per heavy atom. The van der Waals surface area contributed by atoms with E-state index in [1.54, 1.807) is 0 Å². The molecular formula is C16H28O4. The number of hydrogen-bond acceptors (Lipinski definition) is 4. The Balaban J connectivity index is 0. The van der Waals surface area contributed by atoms with E-state index in [0.717, 1.165) is 19.1 Å². The van der Waals surface area contributed by atoms with Crippen LogP contribution >= 0.6 is 0 Å². The molecule has 0 N–H and O–H groups in total. The van der Waals surface area contributed by atoms with Crippen molar-refractivity contribution < 1.29 is 19.1 Å². The fourth-order valence-corrected chi connectivity index (χ4v) is 1.37. The van der Waals surface area contributed by atoms with Crippen molar-refractivity contribution in [2.24, 2.45) is 5.41 Å². The molecule has 0 radical (unpaired) electrons. The molecule has 4 nitrogen and oxygen atoms in total. The van der Waals surface area contributed by atoms with Crippen LogP contribution in [0, 0.1) is 5.41 Å². The molecule has 20 heavy (non-hydrogen) atoms. The van der Waals surface area contributed by atoms with Gasteiger partial charge in [-0.2, -0.15) is 0 Å². The van der Waals surface area contributed by atoms with Crippen LogP contribution in [-0.2, 0) is 19.1 Å².